The summed E-state index contributed by atoms with van der Waals surface area (Å²) >= 11 is 1.87. The Bertz CT molecular complexity index is 313. The summed E-state index contributed by atoms with van der Waals surface area (Å²) in [6.07, 6.45) is 2.81. The van der Waals surface area contributed by atoms with Gasteiger partial charge in [0.05, 0.1) is 6.61 Å². The molecule has 0 radical (unpaired) electrons. The minimum atomic E-state index is 0.00533. The lowest BCUT2D eigenvalue weighted by Crippen LogP contribution is -2.16. The average Bonchev–Trinajstić information content (AvgIpc) is 2.79. The van der Waals surface area contributed by atoms with Gasteiger partial charge in [-0.15, -0.1) is 0 Å². The van der Waals surface area contributed by atoms with E-state index >= 15 is 0 Å². The molecule has 0 amide bonds. The lowest BCUT2D eigenvalue weighted by molar-refractivity contribution is 0.0677. The Balaban J connectivity index is 1.85. The van der Waals surface area contributed by atoms with Crippen LogP contribution < -0.4 is 5.73 Å². The topological polar surface area (TPSA) is 74.2 Å². The zero-order valence-corrected chi connectivity index (χ0v) is 10.0. The first-order chi connectivity index (χ1) is 7.90. The average molecular weight is 243 g/mol. The van der Waals surface area contributed by atoms with Crippen LogP contribution in [0.2, 0.25) is 0 Å². The SMILES string of the molecule is NCCCCc1nc(C2CSCCO2)no1. The molecule has 0 spiro atoms. The van der Waals surface area contributed by atoms with Gasteiger partial charge in [-0.05, 0) is 19.4 Å². The monoisotopic (exact) mass is 243 g/mol. The van der Waals surface area contributed by atoms with E-state index in [0.29, 0.717) is 18.3 Å². The number of thioether (sulfide) groups is 1. The molecule has 6 heteroatoms. The van der Waals surface area contributed by atoms with E-state index in [0.717, 1.165) is 37.4 Å². The van der Waals surface area contributed by atoms with Gasteiger partial charge in [0.1, 0.15) is 6.10 Å². The standard InChI is InChI=1S/C10H17N3O2S/c11-4-2-1-3-9-12-10(13-15-9)8-7-16-6-5-14-8/h8H,1-7,11H2. The minimum Gasteiger partial charge on any atom is -0.368 e. The van der Waals surface area contributed by atoms with Crippen molar-refractivity contribution in [1.29, 1.82) is 0 Å². The quantitative estimate of drug-likeness (QED) is 0.782. The number of rotatable bonds is 5. The molecule has 0 bridgehead atoms. The largest absolute Gasteiger partial charge is 0.368 e. The number of unbranched alkanes of at least 4 members (excludes halogenated alkanes) is 1. The highest BCUT2D eigenvalue weighted by Gasteiger charge is 2.21. The van der Waals surface area contributed by atoms with Crippen LogP contribution in [0.5, 0.6) is 0 Å². The second-order valence-corrected chi connectivity index (χ2v) is 4.88. The highest BCUT2D eigenvalue weighted by molar-refractivity contribution is 7.99. The molecule has 0 aromatic carbocycles. The fraction of sp³-hybridized carbons (Fsp3) is 0.800. The van der Waals surface area contributed by atoms with E-state index in [9.17, 15) is 0 Å². The van der Waals surface area contributed by atoms with Crippen LogP contribution in [0.25, 0.3) is 0 Å². The Morgan fingerprint density at radius 3 is 3.12 bits per heavy atom. The van der Waals surface area contributed by atoms with E-state index in [-0.39, 0.29) is 6.10 Å². The molecule has 1 aliphatic heterocycles. The molecule has 1 aromatic heterocycles. The van der Waals surface area contributed by atoms with Gasteiger partial charge in [-0.25, -0.2) is 0 Å². The van der Waals surface area contributed by atoms with Gasteiger partial charge in [0.2, 0.25) is 11.7 Å². The maximum Gasteiger partial charge on any atom is 0.226 e. The van der Waals surface area contributed by atoms with Crippen LogP contribution in [0.4, 0.5) is 0 Å². The maximum atomic E-state index is 5.58. The summed E-state index contributed by atoms with van der Waals surface area (Å²) in [5.41, 5.74) is 5.43. The lowest BCUT2D eigenvalue weighted by atomic mass is 10.2. The summed E-state index contributed by atoms with van der Waals surface area (Å²) in [4.78, 5) is 4.35. The molecule has 5 nitrogen and oxygen atoms in total. The predicted octanol–water partition coefficient (Wildman–Crippen LogP) is 1.16. The fourth-order valence-electron chi connectivity index (χ4n) is 1.56. The van der Waals surface area contributed by atoms with E-state index in [1.165, 1.54) is 0 Å². The van der Waals surface area contributed by atoms with Crippen LogP contribution in [-0.4, -0.2) is 34.8 Å². The smallest absolute Gasteiger partial charge is 0.226 e. The molecule has 1 saturated heterocycles. The highest BCUT2D eigenvalue weighted by atomic mass is 32.2. The van der Waals surface area contributed by atoms with E-state index < -0.39 is 0 Å². The van der Waals surface area contributed by atoms with Crippen molar-refractivity contribution in [2.45, 2.75) is 25.4 Å². The van der Waals surface area contributed by atoms with Gasteiger partial charge in [0, 0.05) is 17.9 Å². The minimum absolute atomic E-state index is 0.00533. The van der Waals surface area contributed by atoms with Crippen molar-refractivity contribution in [3.63, 3.8) is 0 Å². The second kappa shape index (κ2) is 6.22. The molecule has 90 valence electrons. The van der Waals surface area contributed by atoms with Crippen molar-refractivity contribution in [3.8, 4) is 0 Å². The molecule has 0 aliphatic carbocycles. The first kappa shape index (κ1) is 11.9. The van der Waals surface area contributed by atoms with Crippen LogP contribution >= 0.6 is 11.8 Å². The number of nitrogens with zero attached hydrogens (tertiary/aromatic N) is 2. The first-order valence-corrected chi connectivity index (χ1v) is 6.77. The van der Waals surface area contributed by atoms with Crippen molar-refractivity contribution in [2.75, 3.05) is 24.7 Å². The molecule has 0 saturated carbocycles. The molecular formula is C10H17N3O2S. The van der Waals surface area contributed by atoms with Crippen molar-refractivity contribution < 1.29 is 9.26 Å². The zero-order chi connectivity index (χ0) is 11.2. The normalized spacial score (nSPS) is 21.2. The summed E-state index contributed by atoms with van der Waals surface area (Å²) in [5.74, 6) is 3.36. The number of hydrogen-bond acceptors (Lipinski definition) is 6. The number of nitrogens with two attached hydrogens (primary N) is 1. The number of hydrogen-bond donors (Lipinski definition) is 1. The van der Waals surface area contributed by atoms with Crippen LogP contribution in [0.1, 0.15) is 30.7 Å². The zero-order valence-electron chi connectivity index (χ0n) is 9.22. The maximum absolute atomic E-state index is 5.58. The molecular weight excluding hydrogens is 226 g/mol. The fourth-order valence-corrected chi connectivity index (χ4v) is 2.40. The third-order valence-corrected chi connectivity index (χ3v) is 3.43. The van der Waals surface area contributed by atoms with Crippen LogP contribution in [0.3, 0.4) is 0 Å². The van der Waals surface area contributed by atoms with Crippen molar-refractivity contribution in [2.24, 2.45) is 5.73 Å². The van der Waals surface area contributed by atoms with Crippen LogP contribution in [0.15, 0.2) is 4.52 Å². The van der Waals surface area contributed by atoms with Gasteiger partial charge >= 0.3 is 0 Å². The molecule has 1 atom stereocenters. The predicted molar refractivity (Wildman–Crippen MR) is 62.3 cm³/mol. The summed E-state index contributed by atoms with van der Waals surface area (Å²) in [6.45, 7) is 1.48. The lowest BCUT2D eigenvalue weighted by Gasteiger charge is -2.18. The van der Waals surface area contributed by atoms with Gasteiger partial charge < -0.3 is 15.0 Å². The van der Waals surface area contributed by atoms with E-state index in [1.807, 2.05) is 11.8 Å². The Morgan fingerprint density at radius 2 is 2.38 bits per heavy atom. The molecule has 1 aliphatic rings. The molecule has 1 aromatic rings. The van der Waals surface area contributed by atoms with Crippen LogP contribution in [-0.2, 0) is 11.2 Å². The van der Waals surface area contributed by atoms with E-state index in [2.05, 4.69) is 10.1 Å². The number of aromatic nitrogens is 2. The molecule has 2 N–H and O–H groups in total. The summed E-state index contributed by atoms with van der Waals surface area (Å²) in [7, 11) is 0. The Hall–Kier alpha value is -0.590. The number of aryl methyl sites for hydroxylation is 1. The Labute approximate surface area is 99.1 Å². The van der Waals surface area contributed by atoms with Gasteiger partial charge in [-0.3, -0.25) is 0 Å². The Kier molecular flexibility index (Phi) is 4.62. The second-order valence-electron chi connectivity index (χ2n) is 3.73. The van der Waals surface area contributed by atoms with Crippen molar-refractivity contribution >= 4 is 11.8 Å². The van der Waals surface area contributed by atoms with Gasteiger partial charge in [0.15, 0.2) is 0 Å². The first-order valence-electron chi connectivity index (χ1n) is 5.62. The van der Waals surface area contributed by atoms with E-state index in [4.69, 9.17) is 15.0 Å². The molecule has 1 unspecified atom stereocenters. The number of ether oxygens (including phenoxy) is 1. The molecule has 2 heterocycles. The third kappa shape index (κ3) is 3.20. The summed E-state index contributed by atoms with van der Waals surface area (Å²) in [6, 6.07) is 0. The van der Waals surface area contributed by atoms with Gasteiger partial charge in [-0.1, -0.05) is 5.16 Å². The Morgan fingerprint density at radius 1 is 1.44 bits per heavy atom. The van der Waals surface area contributed by atoms with E-state index in [1.54, 1.807) is 0 Å². The highest BCUT2D eigenvalue weighted by Crippen LogP contribution is 2.24. The van der Waals surface area contributed by atoms with Gasteiger partial charge in [-0.2, -0.15) is 16.7 Å². The van der Waals surface area contributed by atoms with Crippen molar-refractivity contribution in [1.82, 2.24) is 10.1 Å². The molecule has 1 fully saturated rings. The summed E-state index contributed by atoms with van der Waals surface area (Å²) < 4.78 is 10.8. The van der Waals surface area contributed by atoms with Gasteiger partial charge in [0.25, 0.3) is 0 Å². The van der Waals surface area contributed by atoms with Crippen LogP contribution in [0, 0.1) is 0 Å². The molecule has 2 rings (SSSR count). The summed E-state index contributed by atoms with van der Waals surface area (Å²) in [5, 5.41) is 3.96. The third-order valence-electron chi connectivity index (χ3n) is 2.43. The molecule has 16 heavy (non-hydrogen) atoms. The van der Waals surface area contributed by atoms with Crippen molar-refractivity contribution in [3.05, 3.63) is 11.7 Å².